The Labute approximate surface area is 129 Å². The Morgan fingerprint density at radius 1 is 1.25 bits per heavy atom. The van der Waals surface area contributed by atoms with Gasteiger partial charge in [0.2, 0.25) is 0 Å². The van der Waals surface area contributed by atoms with Gasteiger partial charge in [-0.15, -0.1) is 11.3 Å². The molecule has 1 heterocycles. The number of aromatic nitrogens is 1. The van der Waals surface area contributed by atoms with Crippen LogP contribution in [-0.2, 0) is 0 Å². The minimum atomic E-state index is 0.260. The Morgan fingerprint density at radius 3 is 2.50 bits per heavy atom. The Morgan fingerprint density at radius 2 is 1.90 bits per heavy atom. The summed E-state index contributed by atoms with van der Waals surface area (Å²) >= 11 is 7.61. The minimum Gasteiger partial charge on any atom is -0.344 e. The molecule has 2 unspecified atom stereocenters. The minimum absolute atomic E-state index is 0.260. The Kier molecular flexibility index (Phi) is 5.02. The summed E-state index contributed by atoms with van der Waals surface area (Å²) in [5.41, 5.74) is 2.32. The number of halogens is 1. The predicted molar refractivity (Wildman–Crippen MR) is 87.9 cm³/mol. The normalized spacial score (nSPS) is 14.1. The SMILES string of the molecule is CNC(C)c1csc(N(C)C(C)c2ccc(Cl)cc2)n1. The van der Waals surface area contributed by atoms with Gasteiger partial charge in [0.1, 0.15) is 0 Å². The molecule has 0 amide bonds. The quantitative estimate of drug-likeness (QED) is 0.893. The molecule has 0 spiro atoms. The first-order valence-electron chi connectivity index (χ1n) is 6.64. The molecule has 0 aliphatic heterocycles. The Bertz CT molecular complexity index is 553. The van der Waals surface area contributed by atoms with E-state index in [1.165, 1.54) is 5.56 Å². The molecular weight excluding hydrogens is 290 g/mol. The number of anilines is 1. The van der Waals surface area contributed by atoms with Crippen LogP contribution in [0.4, 0.5) is 5.13 Å². The van der Waals surface area contributed by atoms with Gasteiger partial charge in [0, 0.05) is 23.5 Å². The highest BCUT2D eigenvalue weighted by atomic mass is 35.5. The third-order valence-electron chi connectivity index (χ3n) is 3.62. The van der Waals surface area contributed by atoms with E-state index >= 15 is 0 Å². The van der Waals surface area contributed by atoms with E-state index in [2.05, 4.69) is 48.6 Å². The maximum atomic E-state index is 5.94. The lowest BCUT2D eigenvalue weighted by Gasteiger charge is -2.24. The lowest BCUT2D eigenvalue weighted by atomic mass is 10.1. The summed E-state index contributed by atoms with van der Waals surface area (Å²) in [7, 11) is 4.02. The Hall–Kier alpha value is -1.10. The fraction of sp³-hybridized carbons (Fsp3) is 0.400. The van der Waals surface area contributed by atoms with Crippen molar-refractivity contribution in [2.45, 2.75) is 25.9 Å². The number of hydrogen-bond donors (Lipinski definition) is 1. The fourth-order valence-electron chi connectivity index (χ4n) is 1.92. The average Bonchev–Trinajstić information content (AvgIpc) is 2.95. The lowest BCUT2D eigenvalue weighted by Crippen LogP contribution is -2.21. The van der Waals surface area contributed by atoms with Crippen molar-refractivity contribution in [3.63, 3.8) is 0 Å². The van der Waals surface area contributed by atoms with Crippen molar-refractivity contribution in [1.82, 2.24) is 10.3 Å². The molecule has 2 rings (SSSR count). The van der Waals surface area contributed by atoms with E-state index in [0.717, 1.165) is 15.8 Å². The zero-order valence-corrected chi connectivity index (χ0v) is 13.8. The van der Waals surface area contributed by atoms with E-state index in [1.54, 1.807) is 11.3 Å². The molecule has 2 aromatic rings. The molecule has 20 heavy (non-hydrogen) atoms. The monoisotopic (exact) mass is 309 g/mol. The third kappa shape index (κ3) is 3.32. The smallest absolute Gasteiger partial charge is 0.185 e. The summed E-state index contributed by atoms with van der Waals surface area (Å²) in [6, 6.07) is 8.52. The van der Waals surface area contributed by atoms with Crippen molar-refractivity contribution in [1.29, 1.82) is 0 Å². The first kappa shape index (κ1) is 15.3. The van der Waals surface area contributed by atoms with Gasteiger partial charge in [-0.3, -0.25) is 0 Å². The summed E-state index contributed by atoms with van der Waals surface area (Å²) in [5.74, 6) is 0. The second-order valence-corrected chi connectivity index (χ2v) is 6.18. The van der Waals surface area contributed by atoms with Crippen LogP contribution in [0.3, 0.4) is 0 Å². The number of hydrogen-bond acceptors (Lipinski definition) is 4. The van der Waals surface area contributed by atoms with Crippen LogP contribution < -0.4 is 10.2 Å². The molecule has 0 radical (unpaired) electrons. The summed E-state index contributed by atoms with van der Waals surface area (Å²) in [6.45, 7) is 4.28. The number of benzene rings is 1. The molecule has 0 saturated carbocycles. The van der Waals surface area contributed by atoms with Gasteiger partial charge < -0.3 is 10.2 Å². The average molecular weight is 310 g/mol. The van der Waals surface area contributed by atoms with Crippen molar-refractivity contribution < 1.29 is 0 Å². The molecule has 1 aromatic heterocycles. The second kappa shape index (κ2) is 6.57. The van der Waals surface area contributed by atoms with Crippen LogP contribution in [-0.4, -0.2) is 19.1 Å². The van der Waals surface area contributed by atoms with Crippen LogP contribution in [0.1, 0.15) is 37.2 Å². The maximum Gasteiger partial charge on any atom is 0.185 e. The topological polar surface area (TPSA) is 28.2 Å². The molecule has 0 aliphatic rings. The first-order chi connectivity index (χ1) is 9.52. The van der Waals surface area contributed by atoms with Crippen LogP contribution >= 0.6 is 22.9 Å². The van der Waals surface area contributed by atoms with Crippen molar-refractivity contribution in [2.24, 2.45) is 0 Å². The molecule has 0 saturated heterocycles. The van der Waals surface area contributed by atoms with Crippen LogP contribution in [0.2, 0.25) is 5.02 Å². The summed E-state index contributed by atoms with van der Waals surface area (Å²) in [4.78, 5) is 6.90. The van der Waals surface area contributed by atoms with Gasteiger partial charge in [-0.2, -0.15) is 0 Å². The van der Waals surface area contributed by atoms with Crippen molar-refractivity contribution in [3.05, 3.63) is 45.9 Å². The Balaban J connectivity index is 2.15. The molecule has 2 atom stereocenters. The van der Waals surface area contributed by atoms with Gasteiger partial charge in [0.05, 0.1) is 11.7 Å². The van der Waals surface area contributed by atoms with E-state index in [0.29, 0.717) is 0 Å². The van der Waals surface area contributed by atoms with Gasteiger partial charge in [-0.1, -0.05) is 23.7 Å². The maximum absolute atomic E-state index is 5.94. The summed E-state index contributed by atoms with van der Waals surface area (Å²) < 4.78 is 0. The fourth-order valence-corrected chi connectivity index (χ4v) is 3.01. The predicted octanol–water partition coefficient (Wildman–Crippen LogP) is 4.27. The van der Waals surface area contributed by atoms with Gasteiger partial charge in [-0.05, 0) is 38.6 Å². The number of rotatable bonds is 5. The highest BCUT2D eigenvalue weighted by molar-refractivity contribution is 7.13. The van der Waals surface area contributed by atoms with Gasteiger partial charge >= 0.3 is 0 Å². The molecule has 0 aliphatic carbocycles. The third-order valence-corrected chi connectivity index (χ3v) is 4.82. The highest BCUT2D eigenvalue weighted by Crippen LogP contribution is 2.30. The van der Waals surface area contributed by atoms with Crippen LogP contribution in [0.5, 0.6) is 0 Å². The van der Waals surface area contributed by atoms with Gasteiger partial charge in [-0.25, -0.2) is 4.98 Å². The standard InChI is InChI=1S/C15H20ClN3S/c1-10(17-3)14-9-20-15(18-14)19(4)11(2)12-5-7-13(16)8-6-12/h5-11,17H,1-4H3. The molecular formula is C15H20ClN3S. The van der Waals surface area contributed by atoms with Crippen molar-refractivity contribution >= 4 is 28.1 Å². The first-order valence-corrected chi connectivity index (χ1v) is 7.89. The van der Waals surface area contributed by atoms with Crippen LogP contribution in [0.15, 0.2) is 29.6 Å². The zero-order chi connectivity index (χ0) is 14.7. The van der Waals surface area contributed by atoms with Crippen molar-refractivity contribution in [3.8, 4) is 0 Å². The van der Waals surface area contributed by atoms with Gasteiger partial charge in [0.25, 0.3) is 0 Å². The van der Waals surface area contributed by atoms with Crippen LogP contribution in [0, 0.1) is 0 Å². The second-order valence-electron chi connectivity index (χ2n) is 4.90. The molecule has 1 aromatic carbocycles. The highest BCUT2D eigenvalue weighted by Gasteiger charge is 2.16. The number of nitrogens with zero attached hydrogens (tertiary/aromatic N) is 2. The molecule has 5 heteroatoms. The molecule has 3 nitrogen and oxygen atoms in total. The van der Waals surface area contributed by atoms with Gasteiger partial charge in [0.15, 0.2) is 5.13 Å². The molecule has 108 valence electrons. The van der Waals surface area contributed by atoms with E-state index in [-0.39, 0.29) is 12.1 Å². The molecule has 0 bridgehead atoms. The largest absolute Gasteiger partial charge is 0.344 e. The van der Waals surface area contributed by atoms with Crippen LogP contribution in [0.25, 0.3) is 0 Å². The van der Waals surface area contributed by atoms with E-state index in [4.69, 9.17) is 16.6 Å². The summed E-state index contributed by atoms with van der Waals surface area (Å²) in [6.07, 6.45) is 0. The van der Waals surface area contributed by atoms with E-state index < -0.39 is 0 Å². The van der Waals surface area contributed by atoms with E-state index in [1.807, 2.05) is 19.2 Å². The zero-order valence-electron chi connectivity index (χ0n) is 12.2. The summed E-state index contributed by atoms with van der Waals surface area (Å²) in [5, 5.41) is 7.12. The number of nitrogens with one attached hydrogen (secondary N) is 1. The number of thiazole rings is 1. The lowest BCUT2D eigenvalue weighted by molar-refractivity contribution is 0.634. The van der Waals surface area contributed by atoms with Crippen molar-refractivity contribution in [2.75, 3.05) is 19.0 Å². The molecule has 1 N–H and O–H groups in total. The molecule has 0 fully saturated rings. The van der Waals surface area contributed by atoms with E-state index in [9.17, 15) is 0 Å².